The minimum absolute atomic E-state index is 0.0901. The summed E-state index contributed by atoms with van der Waals surface area (Å²) in [7, 11) is 0. The van der Waals surface area contributed by atoms with Crippen molar-refractivity contribution in [1.29, 1.82) is 0 Å². The molecule has 0 fully saturated rings. The van der Waals surface area contributed by atoms with Crippen molar-refractivity contribution in [1.82, 2.24) is 9.88 Å². The highest BCUT2D eigenvalue weighted by atomic mass is 19.4. The molecule has 8 nitrogen and oxygen atoms in total. The molecule has 4 N–H and O–H groups in total. The third-order valence-corrected chi connectivity index (χ3v) is 6.66. The second-order valence-electron chi connectivity index (χ2n) is 8.82. The topological polar surface area (TPSA) is 125 Å². The third-order valence-electron chi connectivity index (χ3n) is 6.66. The third kappa shape index (κ3) is 4.89. The molecule has 2 unspecified atom stereocenters. The van der Waals surface area contributed by atoms with Crippen LogP contribution in [0.5, 0.6) is 5.75 Å². The largest absolute Gasteiger partial charge is 0.573 e. The van der Waals surface area contributed by atoms with Gasteiger partial charge >= 0.3 is 12.4 Å². The molecule has 2 heterocycles. The van der Waals surface area contributed by atoms with Gasteiger partial charge in [-0.3, -0.25) is 4.79 Å². The van der Waals surface area contributed by atoms with Gasteiger partial charge in [-0.05, 0) is 53.7 Å². The zero-order chi connectivity index (χ0) is 25.4. The Labute approximate surface area is 199 Å². The minimum atomic E-state index is -4.82. The fourth-order valence-electron chi connectivity index (χ4n) is 5.01. The first kappa shape index (κ1) is 24.4. The molecule has 0 saturated heterocycles. The van der Waals surface area contributed by atoms with Crippen molar-refractivity contribution >= 4 is 17.5 Å². The number of allylic oxidation sites excluding steroid dienone is 2. The Morgan fingerprint density at radius 1 is 1.31 bits per heavy atom. The summed E-state index contributed by atoms with van der Waals surface area (Å²) in [6.45, 7) is 2.28. The lowest BCUT2D eigenvalue weighted by atomic mass is 9.63. The molecule has 0 radical (unpaired) electrons. The van der Waals surface area contributed by atoms with E-state index in [9.17, 15) is 22.8 Å². The van der Waals surface area contributed by atoms with Crippen LogP contribution in [0.4, 0.5) is 18.0 Å². The number of amides is 3. The van der Waals surface area contributed by atoms with E-state index in [0.717, 1.165) is 5.57 Å². The van der Waals surface area contributed by atoms with E-state index in [1.165, 1.54) is 29.5 Å². The van der Waals surface area contributed by atoms with E-state index < -0.39 is 23.7 Å². The highest BCUT2D eigenvalue weighted by Crippen LogP contribution is 2.51. The molecule has 0 spiro atoms. The van der Waals surface area contributed by atoms with Gasteiger partial charge in [0.25, 0.3) is 0 Å². The fourth-order valence-corrected chi connectivity index (χ4v) is 5.01. The van der Waals surface area contributed by atoms with Gasteiger partial charge < -0.3 is 25.5 Å². The molecule has 0 bridgehead atoms. The van der Waals surface area contributed by atoms with Gasteiger partial charge in [-0.2, -0.15) is 0 Å². The lowest BCUT2D eigenvalue weighted by Crippen LogP contribution is -2.49. The fraction of sp³-hybridized carbons (Fsp3) is 0.375. The Morgan fingerprint density at radius 2 is 2.09 bits per heavy atom. The molecular weight excluding hydrogens is 465 g/mol. The molecule has 2 aromatic rings. The summed E-state index contributed by atoms with van der Waals surface area (Å²) in [6.07, 6.45) is 0.730. The zero-order valence-electron chi connectivity index (χ0n) is 19.0. The van der Waals surface area contributed by atoms with Crippen LogP contribution in [0.1, 0.15) is 43.4 Å². The highest BCUT2D eigenvalue weighted by molar-refractivity contribution is 5.92. The minimum Gasteiger partial charge on any atom is -0.448 e. The summed E-state index contributed by atoms with van der Waals surface area (Å²) in [6, 6.07) is 5.04. The number of rotatable bonds is 6. The lowest BCUT2D eigenvalue weighted by molar-refractivity contribution is -0.274. The number of alkyl halides is 3. The SMILES string of the molecule is CC(CC1(C(N)=O)CC=C(c2cccc(OC(F)(F)F)c2)C2=C1CN(C(N)=O)CC2)c1cnco1. The van der Waals surface area contributed by atoms with Crippen molar-refractivity contribution in [3.63, 3.8) is 0 Å². The normalized spacial score (nSPS) is 21.3. The van der Waals surface area contributed by atoms with Gasteiger partial charge in [-0.1, -0.05) is 25.1 Å². The molecule has 0 saturated carbocycles. The average Bonchev–Trinajstić information content (AvgIpc) is 3.33. The molecule has 1 aliphatic carbocycles. The molecule has 186 valence electrons. The average molecular weight is 490 g/mol. The standard InChI is InChI=1S/C24H25F3N4O4/c1-14(20-11-30-13-34-20)10-23(21(28)32)7-5-17(18-6-8-31(22(29)33)12-19(18)23)15-3-2-4-16(9-15)35-24(25,26)27/h2-5,9,11,13-14H,6-8,10,12H2,1H3,(H2,28,32)(H2,29,33). The van der Waals surface area contributed by atoms with E-state index in [4.69, 9.17) is 15.9 Å². The quantitative estimate of drug-likeness (QED) is 0.631. The van der Waals surface area contributed by atoms with Crippen LogP contribution in [-0.4, -0.2) is 41.3 Å². The number of hydrogen-bond donors (Lipinski definition) is 2. The Kier molecular flexibility index (Phi) is 6.35. The second-order valence-corrected chi connectivity index (χ2v) is 8.82. The van der Waals surface area contributed by atoms with Crippen molar-refractivity contribution in [2.24, 2.45) is 16.9 Å². The number of urea groups is 1. The van der Waals surface area contributed by atoms with Crippen molar-refractivity contribution in [2.45, 2.75) is 38.5 Å². The number of nitrogens with two attached hydrogens (primary N) is 2. The number of oxazole rings is 1. The summed E-state index contributed by atoms with van der Waals surface area (Å²) in [5, 5.41) is 0. The van der Waals surface area contributed by atoms with E-state index in [0.29, 0.717) is 41.9 Å². The number of benzene rings is 1. The first-order valence-corrected chi connectivity index (χ1v) is 11.0. The second kappa shape index (κ2) is 9.12. The van der Waals surface area contributed by atoms with Crippen LogP contribution in [0.3, 0.4) is 0 Å². The van der Waals surface area contributed by atoms with Crippen molar-refractivity contribution in [3.8, 4) is 5.75 Å². The smallest absolute Gasteiger partial charge is 0.448 e. The number of carbonyl (C=O) groups is 2. The van der Waals surface area contributed by atoms with Crippen molar-refractivity contribution in [3.05, 3.63) is 65.4 Å². The number of halogens is 3. The van der Waals surface area contributed by atoms with Crippen molar-refractivity contribution in [2.75, 3.05) is 13.1 Å². The molecular formula is C24H25F3N4O4. The Balaban J connectivity index is 1.78. The number of carbonyl (C=O) groups excluding carboxylic acids is 2. The summed E-state index contributed by atoms with van der Waals surface area (Å²) < 4.78 is 47.8. The number of aromatic nitrogens is 1. The number of hydrogen-bond acceptors (Lipinski definition) is 5. The van der Waals surface area contributed by atoms with Crippen LogP contribution >= 0.6 is 0 Å². The number of nitrogens with zero attached hydrogens (tertiary/aromatic N) is 2. The van der Waals surface area contributed by atoms with Crippen LogP contribution in [0.2, 0.25) is 0 Å². The Hall–Kier alpha value is -3.76. The van der Waals surface area contributed by atoms with Crippen LogP contribution in [0.25, 0.3) is 5.57 Å². The van der Waals surface area contributed by atoms with E-state index in [-0.39, 0.29) is 24.6 Å². The van der Waals surface area contributed by atoms with Gasteiger partial charge in [0.05, 0.1) is 11.6 Å². The van der Waals surface area contributed by atoms with Gasteiger partial charge in [0.15, 0.2) is 6.39 Å². The van der Waals surface area contributed by atoms with Crippen LogP contribution in [0, 0.1) is 5.41 Å². The molecule has 1 aromatic carbocycles. The predicted octanol–water partition coefficient (Wildman–Crippen LogP) is 4.11. The molecule has 2 atom stereocenters. The monoisotopic (exact) mass is 490 g/mol. The number of ether oxygens (including phenoxy) is 1. The van der Waals surface area contributed by atoms with Gasteiger partial charge in [-0.25, -0.2) is 9.78 Å². The van der Waals surface area contributed by atoms with Crippen LogP contribution < -0.4 is 16.2 Å². The first-order valence-electron chi connectivity index (χ1n) is 11.0. The molecule has 4 rings (SSSR count). The van der Waals surface area contributed by atoms with Crippen LogP contribution in [-0.2, 0) is 4.79 Å². The molecule has 1 aliphatic heterocycles. The molecule has 11 heteroatoms. The van der Waals surface area contributed by atoms with Crippen molar-refractivity contribution < 1.29 is 31.9 Å². The Bertz CT molecular complexity index is 1190. The van der Waals surface area contributed by atoms with Crippen LogP contribution in [0.15, 0.2) is 58.5 Å². The van der Waals surface area contributed by atoms with E-state index in [2.05, 4.69) is 9.72 Å². The molecule has 2 aliphatic rings. The zero-order valence-corrected chi connectivity index (χ0v) is 19.0. The van der Waals surface area contributed by atoms with Gasteiger partial charge in [0.2, 0.25) is 5.91 Å². The van der Waals surface area contributed by atoms with Gasteiger partial charge in [-0.15, -0.1) is 13.2 Å². The van der Waals surface area contributed by atoms with E-state index in [1.54, 1.807) is 12.3 Å². The van der Waals surface area contributed by atoms with Gasteiger partial charge in [0, 0.05) is 19.0 Å². The summed E-state index contributed by atoms with van der Waals surface area (Å²) in [5.41, 5.74) is 13.0. The summed E-state index contributed by atoms with van der Waals surface area (Å²) >= 11 is 0. The molecule has 3 amide bonds. The molecule has 35 heavy (non-hydrogen) atoms. The summed E-state index contributed by atoms with van der Waals surface area (Å²) in [5.74, 6) is -0.547. The lowest BCUT2D eigenvalue weighted by Gasteiger charge is -2.44. The maximum absolute atomic E-state index is 13.0. The first-order chi connectivity index (χ1) is 16.5. The van der Waals surface area contributed by atoms with E-state index in [1.807, 2.05) is 13.0 Å². The Morgan fingerprint density at radius 3 is 2.71 bits per heavy atom. The number of primary amides is 2. The molecule has 1 aromatic heterocycles. The maximum Gasteiger partial charge on any atom is 0.573 e. The van der Waals surface area contributed by atoms with E-state index >= 15 is 0 Å². The van der Waals surface area contributed by atoms with Gasteiger partial charge in [0.1, 0.15) is 11.5 Å². The maximum atomic E-state index is 13.0. The summed E-state index contributed by atoms with van der Waals surface area (Å²) in [4.78, 5) is 30.4. The highest BCUT2D eigenvalue weighted by Gasteiger charge is 2.47. The predicted molar refractivity (Wildman–Crippen MR) is 120 cm³/mol.